The molecule has 2 atom stereocenters. The molecule has 5 heteroatoms. The van der Waals surface area contributed by atoms with E-state index in [0.717, 1.165) is 43.9 Å². The van der Waals surface area contributed by atoms with E-state index in [-0.39, 0.29) is 6.04 Å². The maximum atomic E-state index is 9.33. The van der Waals surface area contributed by atoms with E-state index in [0.29, 0.717) is 17.2 Å². The Labute approximate surface area is 159 Å². The third-order valence-electron chi connectivity index (χ3n) is 5.28. The van der Waals surface area contributed by atoms with Gasteiger partial charge in [-0.2, -0.15) is 10.5 Å². The van der Waals surface area contributed by atoms with Gasteiger partial charge in [0.2, 0.25) is 0 Å². The molecule has 0 bridgehead atoms. The van der Waals surface area contributed by atoms with E-state index < -0.39 is 0 Å². The number of rotatable bonds is 1. The Bertz CT molecular complexity index is 988. The highest BCUT2D eigenvalue weighted by Crippen LogP contribution is 2.29. The van der Waals surface area contributed by atoms with Gasteiger partial charge >= 0.3 is 0 Å². The van der Waals surface area contributed by atoms with Crippen molar-refractivity contribution < 1.29 is 0 Å². The monoisotopic (exact) mass is 353 g/mol. The molecule has 0 aliphatic carbocycles. The van der Waals surface area contributed by atoms with Gasteiger partial charge < -0.3 is 4.90 Å². The second-order valence-corrected chi connectivity index (χ2v) is 6.88. The fraction of sp³-hybridized carbons (Fsp3) is 0.318. The van der Waals surface area contributed by atoms with Crippen molar-refractivity contribution in [2.45, 2.75) is 24.9 Å². The second-order valence-electron chi connectivity index (χ2n) is 6.88. The number of fused-ring (bicyclic) bond motifs is 1. The number of nitriles is 2. The molecule has 2 aliphatic rings. The first-order valence-corrected chi connectivity index (χ1v) is 9.16. The summed E-state index contributed by atoms with van der Waals surface area (Å²) in [6.45, 7) is 2.65. The quantitative estimate of drug-likeness (QED) is 0.737. The SMILES string of the molecule is N#Cc1cccc(C#CC2CC[C@H]3CN(c4ncccc4C#N)CCN23)c1. The van der Waals surface area contributed by atoms with Crippen molar-refractivity contribution in [2.75, 3.05) is 24.5 Å². The Hall–Kier alpha value is -3.33. The molecule has 5 nitrogen and oxygen atoms in total. The van der Waals surface area contributed by atoms with Crippen molar-refractivity contribution in [3.8, 4) is 24.0 Å². The zero-order valence-corrected chi connectivity index (χ0v) is 15.0. The molecule has 3 heterocycles. The van der Waals surface area contributed by atoms with Crippen LogP contribution in [0.5, 0.6) is 0 Å². The molecule has 2 aromatic rings. The summed E-state index contributed by atoms with van der Waals surface area (Å²) in [5, 5.41) is 18.3. The smallest absolute Gasteiger partial charge is 0.146 e. The van der Waals surface area contributed by atoms with Gasteiger partial charge in [-0.1, -0.05) is 17.9 Å². The lowest BCUT2D eigenvalue weighted by Crippen LogP contribution is -2.52. The first-order valence-electron chi connectivity index (χ1n) is 9.16. The van der Waals surface area contributed by atoms with Crippen molar-refractivity contribution in [2.24, 2.45) is 0 Å². The number of nitrogens with zero attached hydrogens (tertiary/aromatic N) is 5. The van der Waals surface area contributed by atoms with Crippen LogP contribution < -0.4 is 4.90 Å². The van der Waals surface area contributed by atoms with Gasteiger partial charge in [-0.05, 0) is 43.2 Å². The number of benzene rings is 1. The first-order chi connectivity index (χ1) is 13.3. The number of hydrogen-bond donors (Lipinski definition) is 0. The Morgan fingerprint density at radius 2 is 1.89 bits per heavy atom. The van der Waals surface area contributed by atoms with Crippen LogP contribution in [-0.4, -0.2) is 41.6 Å². The van der Waals surface area contributed by atoms with Gasteiger partial charge in [0, 0.05) is 37.4 Å². The van der Waals surface area contributed by atoms with E-state index in [2.05, 4.69) is 38.8 Å². The van der Waals surface area contributed by atoms with E-state index in [9.17, 15) is 5.26 Å². The van der Waals surface area contributed by atoms with E-state index in [4.69, 9.17) is 5.26 Å². The van der Waals surface area contributed by atoms with Gasteiger partial charge in [0.1, 0.15) is 11.9 Å². The minimum atomic E-state index is 0.252. The van der Waals surface area contributed by atoms with Crippen LogP contribution in [0.1, 0.15) is 29.5 Å². The van der Waals surface area contributed by atoms with Gasteiger partial charge in [-0.3, -0.25) is 4.90 Å². The zero-order chi connectivity index (χ0) is 18.6. The van der Waals surface area contributed by atoms with Crippen LogP contribution in [-0.2, 0) is 0 Å². The molecule has 0 N–H and O–H groups in total. The van der Waals surface area contributed by atoms with Crippen molar-refractivity contribution in [1.82, 2.24) is 9.88 Å². The van der Waals surface area contributed by atoms with E-state index in [1.807, 2.05) is 24.3 Å². The molecule has 4 rings (SSSR count). The molecule has 0 spiro atoms. The highest BCUT2D eigenvalue weighted by Gasteiger charge is 2.37. The summed E-state index contributed by atoms with van der Waals surface area (Å²) in [7, 11) is 0. The lowest BCUT2D eigenvalue weighted by Gasteiger charge is -2.39. The summed E-state index contributed by atoms with van der Waals surface area (Å²) in [5.41, 5.74) is 2.17. The summed E-state index contributed by atoms with van der Waals surface area (Å²) in [6, 6.07) is 16.2. The first kappa shape index (κ1) is 17.1. The molecule has 27 heavy (non-hydrogen) atoms. The minimum absolute atomic E-state index is 0.252. The number of hydrogen-bond acceptors (Lipinski definition) is 5. The average Bonchev–Trinajstić information content (AvgIpc) is 3.14. The minimum Gasteiger partial charge on any atom is -0.353 e. The lowest BCUT2D eigenvalue weighted by molar-refractivity contribution is 0.202. The predicted molar refractivity (Wildman–Crippen MR) is 103 cm³/mol. The Morgan fingerprint density at radius 3 is 2.74 bits per heavy atom. The molecule has 0 saturated carbocycles. The van der Waals surface area contributed by atoms with Gasteiger partial charge in [-0.25, -0.2) is 4.98 Å². The fourth-order valence-corrected chi connectivity index (χ4v) is 3.97. The lowest BCUT2D eigenvalue weighted by atomic mass is 10.1. The number of aromatic nitrogens is 1. The molecule has 132 valence electrons. The summed E-state index contributed by atoms with van der Waals surface area (Å²) in [6.07, 6.45) is 3.90. The van der Waals surface area contributed by atoms with Crippen LogP contribution in [0.25, 0.3) is 0 Å². The molecule has 1 unspecified atom stereocenters. The molecule has 2 aliphatic heterocycles. The largest absolute Gasteiger partial charge is 0.353 e. The summed E-state index contributed by atoms with van der Waals surface area (Å²) < 4.78 is 0. The fourth-order valence-electron chi connectivity index (χ4n) is 3.97. The molecule has 1 aromatic carbocycles. The van der Waals surface area contributed by atoms with Crippen LogP contribution >= 0.6 is 0 Å². The summed E-state index contributed by atoms with van der Waals surface area (Å²) >= 11 is 0. The number of anilines is 1. The third-order valence-corrected chi connectivity index (χ3v) is 5.28. The van der Waals surface area contributed by atoms with Crippen LogP contribution in [0.3, 0.4) is 0 Å². The molecular formula is C22H19N5. The standard InChI is InChI=1S/C22H19N5/c23-14-18-4-1-3-17(13-18)6-7-20-8-9-21-16-26(11-12-27(20)21)22-19(15-24)5-2-10-25-22/h1-5,10,13,20-21H,8-9,11-12,16H2/t20?,21-/m0/s1. The highest BCUT2D eigenvalue weighted by molar-refractivity contribution is 5.54. The Balaban J connectivity index is 1.47. The normalized spacial score (nSPS) is 21.5. The maximum Gasteiger partial charge on any atom is 0.146 e. The predicted octanol–water partition coefficient (Wildman–Crippen LogP) is 2.53. The topological polar surface area (TPSA) is 67.0 Å². The third kappa shape index (κ3) is 3.49. The maximum absolute atomic E-state index is 9.33. The van der Waals surface area contributed by atoms with Crippen molar-refractivity contribution in [1.29, 1.82) is 10.5 Å². The van der Waals surface area contributed by atoms with Crippen molar-refractivity contribution in [3.05, 3.63) is 59.3 Å². The van der Waals surface area contributed by atoms with Gasteiger partial charge in [0.15, 0.2) is 0 Å². The second kappa shape index (κ2) is 7.50. The number of piperazine rings is 1. The van der Waals surface area contributed by atoms with Crippen molar-refractivity contribution in [3.63, 3.8) is 0 Å². The van der Waals surface area contributed by atoms with Gasteiger partial charge in [0.25, 0.3) is 0 Å². The van der Waals surface area contributed by atoms with E-state index in [1.165, 1.54) is 0 Å². The van der Waals surface area contributed by atoms with Gasteiger partial charge in [0.05, 0.1) is 23.2 Å². The molecule has 0 radical (unpaired) electrons. The Kier molecular flexibility index (Phi) is 4.75. The zero-order valence-electron chi connectivity index (χ0n) is 15.0. The molecule has 2 saturated heterocycles. The average molecular weight is 353 g/mol. The summed E-state index contributed by atoms with van der Waals surface area (Å²) in [4.78, 5) is 9.14. The molecule has 2 fully saturated rings. The van der Waals surface area contributed by atoms with E-state index in [1.54, 1.807) is 18.3 Å². The highest BCUT2D eigenvalue weighted by atomic mass is 15.3. The molecular weight excluding hydrogens is 334 g/mol. The van der Waals surface area contributed by atoms with Crippen LogP contribution in [0.2, 0.25) is 0 Å². The van der Waals surface area contributed by atoms with Crippen LogP contribution in [0, 0.1) is 34.5 Å². The molecule has 1 aromatic heterocycles. The number of pyridine rings is 1. The van der Waals surface area contributed by atoms with Gasteiger partial charge in [-0.15, -0.1) is 0 Å². The van der Waals surface area contributed by atoms with E-state index >= 15 is 0 Å². The van der Waals surface area contributed by atoms with Crippen LogP contribution in [0.4, 0.5) is 5.82 Å². The summed E-state index contributed by atoms with van der Waals surface area (Å²) in [5.74, 6) is 7.44. The van der Waals surface area contributed by atoms with Crippen LogP contribution in [0.15, 0.2) is 42.6 Å². The molecule has 0 amide bonds. The van der Waals surface area contributed by atoms with Crippen molar-refractivity contribution >= 4 is 5.82 Å². The Morgan fingerprint density at radius 1 is 1.00 bits per heavy atom.